The fourth-order valence-electron chi connectivity index (χ4n) is 0.927. The van der Waals surface area contributed by atoms with Gasteiger partial charge in [0.25, 0.3) is 0 Å². The number of anilines is 1. The zero-order valence-electron chi connectivity index (χ0n) is 7.50. The molecule has 5 nitrogen and oxygen atoms in total. The molecule has 0 radical (unpaired) electrons. The lowest BCUT2D eigenvalue weighted by Gasteiger charge is -2.09. The highest BCUT2D eigenvalue weighted by molar-refractivity contribution is 9.10. The predicted octanol–water partition coefficient (Wildman–Crippen LogP) is 1.45. The molecule has 76 valence electrons. The molecule has 0 saturated heterocycles. The van der Waals surface area contributed by atoms with E-state index in [1.807, 2.05) is 5.43 Å². The first-order chi connectivity index (χ1) is 6.67. The molecular weight excluding hydrogens is 250 g/mol. The van der Waals surface area contributed by atoms with E-state index in [1.165, 1.54) is 7.11 Å². The Kier molecular flexibility index (Phi) is 3.73. The maximum atomic E-state index is 10.9. The molecule has 14 heavy (non-hydrogen) atoms. The molecule has 2 amide bonds. The molecule has 6 heteroatoms. The third kappa shape index (κ3) is 2.61. The molecule has 0 aliphatic carbocycles. The molecule has 0 unspecified atom stereocenters. The highest BCUT2D eigenvalue weighted by Gasteiger charge is 2.05. The molecule has 1 rings (SSSR count). The van der Waals surface area contributed by atoms with Crippen LogP contribution in [-0.2, 0) is 0 Å². The zero-order valence-corrected chi connectivity index (χ0v) is 9.09. The van der Waals surface area contributed by atoms with Crippen molar-refractivity contribution in [3.8, 4) is 5.75 Å². The van der Waals surface area contributed by atoms with Gasteiger partial charge in [0.2, 0.25) is 0 Å². The fourth-order valence-corrected chi connectivity index (χ4v) is 1.27. The number of carbonyl (C=O) groups excluding carboxylic acids is 1. The average molecular weight is 260 g/mol. The lowest BCUT2D eigenvalue weighted by atomic mass is 10.3. The molecule has 0 aliphatic heterocycles. The normalized spacial score (nSPS) is 9.36. The first-order valence-corrected chi connectivity index (χ1v) is 4.58. The van der Waals surface area contributed by atoms with Gasteiger partial charge in [-0.15, -0.1) is 0 Å². The van der Waals surface area contributed by atoms with E-state index in [-0.39, 0.29) is 0 Å². The van der Waals surface area contributed by atoms with Crippen LogP contribution in [0, 0.1) is 0 Å². The summed E-state index contributed by atoms with van der Waals surface area (Å²) in [5.41, 5.74) is 2.52. The van der Waals surface area contributed by atoms with Crippen molar-refractivity contribution < 1.29 is 9.53 Å². The Morgan fingerprint density at radius 2 is 2.29 bits per heavy atom. The summed E-state index contributed by atoms with van der Waals surface area (Å²) in [6.07, 6.45) is 0. The number of nitrogens with one attached hydrogen (secondary N) is 2. The van der Waals surface area contributed by atoms with E-state index in [0.29, 0.717) is 11.4 Å². The molecule has 1 aromatic carbocycles. The van der Waals surface area contributed by atoms with Gasteiger partial charge in [0.05, 0.1) is 12.8 Å². The van der Waals surface area contributed by atoms with Gasteiger partial charge in [-0.3, -0.25) is 5.43 Å². The number of carbonyl (C=O) groups is 1. The molecule has 0 fully saturated rings. The van der Waals surface area contributed by atoms with E-state index in [9.17, 15) is 4.79 Å². The molecule has 0 bridgehead atoms. The van der Waals surface area contributed by atoms with Crippen LogP contribution in [-0.4, -0.2) is 13.1 Å². The lowest BCUT2D eigenvalue weighted by molar-refractivity contribution is 0.252. The van der Waals surface area contributed by atoms with E-state index in [2.05, 4.69) is 21.2 Å². The van der Waals surface area contributed by atoms with Gasteiger partial charge in [-0.1, -0.05) is 15.9 Å². The van der Waals surface area contributed by atoms with Gasteiger partial charge in [-0.05, 0) is 18.2 Å². The molecule has 0 aromatic heterocycles. The van der Waals surface area contributed by atoms with Crippen LogP contribution in [0.5, 0.6) is 5.75 Å². The van der Waals surface area contributed by atoms with Crippen molar-refractivity contribution >= 4 is 27.6 Å². The Morgan fingerprint density at radius 1 is 1.57 bits per heavy atom. The van der Waals surface area contributed by atoms with Crippen molar-refractivity contribution in [1.29, 1.82) is 0 Å². The Balaban J connectivity index is 2.90. The number of hydrazine groups is 1. The van der Waals surface area contributed by atoms with Gasteiger partial charge < -0.3 is 10.1 Å². The average Bonchev–Trinajstić information content (AvgIpc) is 2.20. The summed E-state index contributed by atoms with van der Waals surface area (Å²) >= 11 is 3.29. The van der Waals surface area contributed by atoms with Crippen LogP contribution in [0.4, 0.5) is 10.5 Å². The number of halogens is 1. The second-order valence-electron chi connectivity index (χ2n) is 2.44. The number of urea groups is 1. The minimum Gasteiger partial charge on any atom is -0.495 e. The molecule has 0 heterocycles. The molecule has 0 spiro atoms. The van der Waals surface area contributed by atoms with Crippen molar-refractivity contribution in [2.45, 2.75) is 0 Å². The van der Waals surface area contributed by atoms with Crippen molar-refractivity contribution in [2.24, 2.45) is 5.84 Å². The maximum Gasteiger partial charge on any atom is 0.333 e. The number of rotatable bonds is 2. The second kappa shape index (κ2) is 4.83. The quantitative estimate of drug-likeness (QED) is 0.428. The minimum absolute atomic E-state index is 0.495. The Bertz CT molecular complexity index is 343. The first-order valence-electron chi connectivity index (χ1n) is 3.78. The molecular formula is C8H10BrN3O2. The number of methoxy groups -OCH3 is 1. The second-order valence-corrected chi connectivity index (χ2v) is 3.36. The van der Waals surface area contributed by atoms with E-state index in [0.717, 1.165) is 4.47 Å². The van der Waals surface area contributed by atoms with Gasteiger partial charge in [-0.25, -0.2) is 10.6 Å². The van der Waals surface area contributed by atoms with Gasteiger partial charge in [0, 0.05) is 4.47 Å². The van der Waals surface area contributed by atoms with Crippen LogP contribution in [0.1, 0.15) is 0 Å². The maximum absolute atomic E-state index is 10.9. The smallest absolute Gasteiger partial charge is 0.333 e. The van der Waals surface area contributed by atoms with Gasteiger partial charge in [0.1, 0.15) is 5.75 Å². The number of benzene rings is 1. The van der Waals surface area contributed by atoms with E-state index in [4.69, 9.17) is 10.6 Å². The summed E-state index contributed by atoms with van der Waals surface area (Å²) in [5, 5.41) is 2.52. The number of nitrogens with two attached hydrogens (primary N) is 1. The van der Waals surface area contributed by atoms with Crippen LogP contribution in [0.2, 0.25) is 0 Å². The fraction of sp³-hybridized carbons (Fsp3) is 0.125. The number of hydrogen-bond acceptors (Lipinski definition) is 3. The van der Waals surface area contributed by atoms with Gasteiger partial charge in [0.15, 0.2) is 0 Å². The monoisotopic (exact) mass is 259 g/mol. The first kappa shape index (κ1) is 10.8. The molecule has 0 saturated carbocycles. The summed E-state index contributed by atoms with van der Waals surface area (Å²) in [7, 11) is 1.52. The van der Waals surface area contributed by atoms with Crippen molar-refractivity contribution in [2.75, 3.05) is 12.4 Å². The summed E-state index contributed by atoms with van der Waals surface area (Å²) in [5.74, 6) is 5.49. The third-order valence-corrected chi connectivity index (χ3v) is 2.04. The minimum atomic E-state index is -0.495. The number of ether oxygens (including phenoxy) is 1. The SMILES string of the molecule is COc1cc(Br)ccc1NC(=O)NN. The predicted molar refractivity (Wildman–Crippen MR) is 57.0 cm³/mol. The van der Waals surface area contributed by atoms with Crippen LogP contribution < -0.4 is 21.3 Å². The van der Waals surface area contributed by atoms with Crippen LogP contribution >= 0.6 is 15.9 Å². The molecule has 1 aromatic rings. The molecule has 4 N–H and O–H groups in total. The van der Waals surface area contributed by atoms with Crippen LogP contribution in [0.25, 0.3) is 0 Å². The highest BCUT2D eigenvalue weighted by atomic mass is 79.9. The lowest BCUT2D eigenvalue weighted by Crippen LogP contribution is -2.34. The zero-order chi connectivity index (χ0) is 10.6. The van der Waals surface area contributed by atoms with Crippen molar-refractivity contribution in [3.05, 3.63) is 22.7 Å². The Morgan fingerprint density at radius 3 is 2.86 bits per heavy atom. The summed E-state index contributed by atoms with van der Waals surface area (Å²) in [4.78, 5) is 10.9. The summed E-state index contributed by atoms with van der Waals surface area (Å²) in [6, 6.07) is 4.74. The van der Waals surface area contributed by atoms with Crippen molar-refractivity contribution in [1.82, 2.24) is 5.43 Å². The Hall–Kier alpha value is -1.27. The Labute approximate surface area is 89.7 Å². The van der Waals surface area contributed by atoms with E-state index >= 15 is 0 Å². The summed E-state index contributed by atoms with van der Waals surface area (Å²) < 4.78 is 5.93. The standard InChI is InChI=1S/C8H10BrN3O2/c1-14-7-4-5(9)2-3-6(7)11-8(13)12-10/h2-4H,10H2,1H3,(H2,11,12,13). The van der Waals surface area contributed by atoms with E-state index in [1.54, 1.807) is 18.2 Å². The molecule has 0 aliphatic rings. The van der Waals surface area contributed by atoms with Crippen LogP contribution in [0.3, 0.4) is 0 Å². The number of amides is 2. The van der Waals surface area contributed by atoms with Crippen molar-refractivity contribution in [3.63, 3.8) is 0 Å². The van der Waals surface area contributed by atoms with Gasteiger partial charge in [-0.2, -0.15) is 0 Å². The topological polar surface area (TPSA) is 76.4 Å². The summed E-state index contributed by atoms with van der Waals surface area (Å²) in [6.45, 7) is 0. The molecule has 0 atom stereocenters. The van der Waals surface area contributed by atoms with E-state index < -0.39 is 6.03 Å². The highest BCUT2D eigenvalue weighted by Crippen LogP contribution is 2.27. The van der Waals surface area contributed by atoms with Gasteiger partial charge >= 0.3 is 6.03 Å². The van der Waals surface area contributed by atoms with Crippen LogP contribution in [0.15, 0.2) is 22.7 Å². The third-order valence-electron chi connectivity index (χ3n) is 1.54. The largest absolute Gasteiger partial charge is 0.495 e. The number of hydrogen-bond donors (Lipinski definition) is 3.